The van der Waals surface area contributed by atoms with Crippen LogP contribution in [0.3, 0.4) is 0 Å². The first-order valence-electron chi connectivity index (χ1n) is 6.41. The van der Waals surface area contributed by atoms with Crippen molar-refractivity contribution < 1.29 is 9.53 Å². The molecule has 110 valence electrons. The van der Waals surface area contributed by atoms with Gasteiger partial charge in [-0.05, 0) is 48.9 Å². The number of ether oxygens (including phenoxy) is 1. The highest BCUT2D eigenvalue weighted by Gasteiger charge is 2.01. The van der Waals surface area contributed by atoms with Crippen molar-refractivity contribution in [3.63, 3.8) is 0 Å². The summed E-state index contributed by atoms with van der Waals surface area (Å²) in [5.74, 6) is 0.589. The summed E-state index contributed by atoms with van der Waals surface area (Å²) in [5, 5.41) is 3.93. The number of amides is 1. The van der Waals surface area contributed by atoms with E-state index in [0.717, 1.165) is 11.3 Å². The van der Waals surface area contributed by atoms with Gasteiger partial charge >= 0.3 is 0 Å². The molecule has 2 aromatic rings. The summed E-state index contributed by atoms with van der Waals surface area (Å²) in [5.41, 5.74) is 3.96. The Labute approximate surface area is 125 Å². The fourth-order valence-corrected chi connectivity index (χ4v) is 1.64. The molecule has 0 aromatic heterocycles. The molecule has 0 bridgehead atoms. The third-order valence-corrected chi connectivity index (χ3v) is 2.61. The molecular formula is C17H20N2O2. The first kappa shape index (κ1) is 16.4. The lowest BCUT2D eigenvalue weighted by atomic mass is 10.2. The van der Waals surface area contributed by atoms with Gasteiger partial charge < -0.3 is 4.74 Å². The Morgan fingerprint density at radius 1 is 1.14 bits per heavy atom. The average molecular weight is 284 g/mol. The average Bonchev–Trinajstić information content (AvgIpc) is 2.50. The standard InChI is InChI=1S/C16H16N2O2.CH4/c1-2-20-15-10-8-13(9-11-15)12-17-18-16(19)14-6-4-3-5-7-14;/h3-12H,2H2,1H3,(H,18,19);1H4/b17-12+;. The molecule has 0 saturated carbocycles. The van der Waals surface area contributed by atoms with Crippen LogP contribution in [0.1, 0.15) is 30.3 Å². The zero-order chi connectivity index (χ0) is 14.2. The summed E-state index contributed by atoms with van der Waals surface area (Å²) in [6, 6.07) is 16.4. The van der Waals surface area contributed by atoms with E-state index in [9.17, 15) is 4.79 Å². The molecule has 0 saturated heterocycles. The molecule has 21 heavy (non-hydrogen) atoms. The number of nitrogens with one attached hydrogen (secondary N) is 1. The molecule has 1 N–H and O–H groups in total. The molecular weight excluding hydrogens is 264 g/mol. The summed E-state index contributed by atoms with van der Waals surface area (Å²) in [6.07, 6.45) is 1.59. The van der Waals surface area contributed by atoms with Gasteiger partial charge in [-0.3, -0.25) is 4.79 Å². The first-order chi connectivity index (χ1) is 9.79. The van der Waals surface area contributed by atoms with E-state index >= 15 is 0 Å². The Bertz CT molecular complexity index is 577. The van der Waals surface area contributed by atoms with Crippen molar-refractivity contribution in [2.75, 3.05) is 6.61 Å². The van der Waals surface area contributed by atoms with Crippen LogP contribution in [0.4, 0.5) is 0 Å². The molecule has 0 fully saturated rings. The first-order valence-corrected chi connectivity index (χ1v) is 6.41. The number of rotatable bonds is 5. The fraction of sp³-hybridized carbons (Fsp3) is 0.176. The number of nitrogens with zero attached hydrogens (tertiary/aromatic N) is 1. The minimum absolute atomic E-state index is 0. The fourth-order valence-electron chi connectivity index (χ4n) is 1.64. The molecule has 0 radical (unpaired) electrons. The van der Waals surface area contributed by atoms with Crippen LogP contribution >= 0.6 is 0 Å². The smallest absolute Gasteiger partial charge is 0.271 e. The van der Waals surface area contributed by atoms with Crippen LogP contribution < -0.4 is 10.2 Å². The maximum atomic E-state index is 11.7. The Hall–Kier alpha value is -2.62. The van der Waals surface area contributed by atoms with Crippen LogP contribution in [-0.4, -0.2) is 18.7 Å². The second-order valence-corrected chi connectivity index (χ2v) is 4.07. The van der Waals surface area contributed by atoms with Crippen LogP contribution in [0, 0.1) is 0 Å². The molecule has 0 heterocycles. The van der Waals surface area contributed by atoms with Crippen LogP contribution in [0.2, 0.25) is 0 Å². The Kier molecular flexibility index (Phi) is 6.68. The van der Waals surface area contributed by atoms with Crippen LogP contribution in [0.5, 0.6) is 5.75 Å². The lowest BCUT2D eigenvalue weighted by molar-refractivity contribution is 0.0955. The summed E-state index contributed by atoms with van der Waals surface area (Å²) < 4.78 is 5.35. The largest absolute Gasteiger partial charge is 0.494 e. The van der Waals surface area contributed by atoms with E-state index in [1.54, 1.807) is 18.3 Å². The molecule has 0 aliphatic heterocycles. The number of carbonyl (C=O) groups excluding carboxylic acids is 1. The third kappa shape index (κ3) is 5.10. The maximum Gasteiger partial charge on any atom is 0.271 e. The van der Waals surface area contributed by atoms with Crippen molar-refractivity contribution in [3.05, 3.63) is 65.7 Å². The van der Waals surface area contributed by atoms with Crippen molar-refractivity contribution in [3.8, 4) is 5.75 Å². The Balaban J connectivity index is 0.00000220. The summed E-state index contributed by atoms with van der Waals surface area (Å²) in [4.78, 5) is 11.7. The van der Waals surface area contributed by atoms with Gasteiger partial charge in [0.05, 0.1) is 12.8 Å². The summed E-state index contributed by atoms with van der Waals surface area (Å²) >= 11 is 0. The van der Waals surface area contributed by atoms with Crippen LogP contribution in [0.15, 0.2) is 59.7 Å². The van der Waals surface area contributed by atoms with Gasteiger partial charge in [0.1, 0.15) is 5.75 Å². The van der Waals surface area contributed by atoms with Gasteiger partial charge in [-0.15, -0.1) is 0 Å². The van der Waals surface area contributed by atoms with Gasteiger partial charge in [0.2, 0.25) is 0 Å². The quantitative estimate of drug-likeness (QED) is 0.675. The number of benzene rings is 2. The monoisotopic (exact) mass is 284 g/mol. The Morgan fingerprint density at radius 2 is 1.81 bits per heavy atom. The molecule has 2 rings (SSSR count). The molecule has 4 nitrogen and oxygen atoms in total. The number of hydrogen-bond acceptors (Lipinski definition) is 3. The van der Waals surface area contributed by atoms with Crippen molar-refractivity contribution >= 4 is 12.1 Å². The van der Waals surface area contributed by atoms with Crippen molar-refractivity contribution in [2.45, 2.75) is 14.4 Å². The molecule has 0 spiro atoms. The van der Waals surface area contributed by atoms with E-state index in [2.05, 4.69) is 10.5 Å². The van der Waals surface area contributed by atoms with Gasteiger partial charge in [-0.1, -0.05) is 25.6 Å². The highest BCUT2D eigenvalue weighted by atomic mass is 16.5. The predicted molar refractivity (Wildman–Crippen MR) is 85.8 cm³/mol. The molecule has 2 aromatic carbocycles. The van der Waals surface area contributed by atoms with E-state index < -0.39 is 0 Å². The van der Waals surface area contributed by atoms with Gasteiger partial charge in [0.25, 0.3) is 5.91 Å². The summed E-state index contributed by atoms with van der Waals surface area (Å²) in [7, 11) is 0. The molecule has 1 amide bonds. The van der Waals surface area contributed by atoms with Crippen molar-refractivity contribution in [2.24, 2.45) is 5.10 Å². The normalized spacial score (nSPS) is 9.95. The van der Waals surface area contributed by atoms with Gasteiger partial charge in [-0.25, -0.2) is 5.43 Å². The lowest BCUT2D eigenvalue weighted by Gasteiger charge is -2.02. The zero-order valence-electron chi connectivity index (χ0n) is 11.2. The highest BCUT2D eigenvalue weighted by Crippen LogP contribution is 2.10. The SMILES string of the molecule is C.CCOc1ccc(/C=N/NC(=O)c2ccccc2)cc1. The number of hydrazone groups is 1. The minimum atomic E-state index is -0.229. The van der Waals surface area contributed by atoms with Gasteiger partial charge in [-0.2, -0.15) is 5.10 Å². The van der Waals surface area contributed by atoms with Crippen LogP contribution in [0.25, 0.3) is 0 Å². The minimum Gasteiger partial charge on any atom is -0.494 e. The van der Waals surface area contributed by atoms with Gasteiger partial charge in [0, 0.05) is 5.56 Å². The van der Waals surface area contributed by atoms with Crippen molar-refractivity contribution in [1.82, 2.24) is 5.43 Å². The van der Waals surface area contributed by atoms with Crippen LogP contribution in [-0.2, 0) is 0 Å². The van der Waals surface area contributed by atoms with E-state index in [4.69, 9.17) is 4.74 Å². The zero-order valence-corrected chi connectivity index (χ0v) is 11.2. The second-order valence-electron chi connectivity index (χ2n) is 4.07. The molecule has 0 aliphatic rings. The van der Waals surface area contributed by atoms with E-state index in [-0.39, 0.29) is 13.3 Å². The molecule has 4 heteroatoms. The van der Waals surface area contributed by atoms with E-state index in [1.165, 1.54) is 0 Å². The van der Waals surface area contributed by atoms with Crippen molar-refractivity contribution in [1.29, 1.82) is 0 Å². The van der Waals surface area contributed by atoms with E-state index in [1.807, 2.05) is 49.4 Å². The second kappa shape index (κ2) is 8.53. The van der Waals surface area contributed by atoms with Gasteiger partial charge in [0.15, 0.2) is 0 Å². The third-order valence-electron chi connectivity index (χ3n) is 2.61. The maximum absolute atomic E-state index is 11.7. The molecule has 0 atom stereocenters. The highest BCUT2D eigenvalue weighted by molar-refractivity contribution is 5.94. The summed E-state index contributed by atoms with van der Waals surface area (Å²) in [6.45, 7) is 2.58. The molecule has 0 aliphatic carbocycles. The Morgan fingerprint density at radius 3 is 2.43 bits per heavy atom. The predicted octanol–water partition coefficient (Wildman–Crippen LogP) is 3.49. The topological polar surface area (TPSA) is 50.7 Å². The van der Waals surface area contributed by atoms with E-state index in [0.29, 0.717) is 12.2 Å². The number of carbonyl (C=O) groups is 1. The number of hydrogen-bond donors (Lipinski definition) is 1. The molecule has 0 unspecified atom stereocenters. The lowest BCUT2D eigenvalue weighted by Crippen LogP contribution is -2.17.